The molecule has 1 N–H and O–H groups in total. The van der Waals surface area contributed by atoms with E-state index in [2.05, 4.69) is 20.4 Å². The first-order valence-electron chi connectivity index (χ1n) is 10.1. The predicted octanol–water partition coefficient (Wildman–Crippen LogP) is 3.80. The molecular formula is C22H17F3N6O4. The second-order valence-electron chi connectivity index (χ2n) is 7.57. The van der Waals surface area contributed by atoms with Gasteiger partial charge in [0.05, 0.1) is 29.9 Å². The highest BCUT2D eigenvalue weighted by Gasteiger charge is 2.41. The Labute approximate surface area is 195 Å². The number of benzene rings is 1. The van der Waals surface area contributed by atoms with E-state index in [9.17, 15) is 22.8 Å². The molecule has 0 bridgehead atoms. The Kier molecular flexibility index (Phi) is 6.07. The van der Waals surface area contributed by atoms with E-state index in [1.807, 2.05) is 0 Å². The fourth-order valence-electron chi connectivity index (χ4n) is 3.22. The molecule has 0 fully saturated rings. The van der Waals surface area contributed by atoms with Crippen LogP contribution in [0.2, 0.25) is 0 Å². The Balaban J connectivity index is 1.64. The number of carboxylic acids is 1. The minimum absolute atomic E-state index is 0.0604. The second kappa shape index (κ2) is 9.00. The van der Waals surface area contributed by atoms with Gasteiger partial charge in [-0.15, -0.1) is 5.10 Å². The van der Waals surface area contributed by atoms with Crippen LogP contribution in [0.1, 0.15) is 40.4 Å². The first-order chi connectivity index (χ1) is 16.5. The Morgan fingerprint density at radius 3 is 2.40 bits per heavy atom. The molecule has 4 rings (SSSR count). The van der Waals surface area contributed by atoms with Crippen LogP contribution in [-0.2, 0) is 10.9 Å². The van der Waals surface area contributed by atoms with Gasteiger partial charge in [0.25, 0.3) is 0 Å². The van der Waals surface area contributed by atoms with Crippen LogP contribution < -0.4 is 0 Å². The molecule has 0 spiro atoms. The van der Waals surface area contributed by atoms with E-state index >= 15 is 0 Å². The number of rotatable bonds is 6. The van der Waals surface area contributed by atoms with E-state index < -0.39 is 35.5 Å². The van der Waals surface area contributed by atoms with Crippen molar-refractivity contribution in [3.05, 3.63) is 71.9 Å². The molecule has 0 radical (unpaired) electrons. The highest BCUT2D eigenvalue weighted by atomic mass is 19.4. The van der Waals surface area contributed by atoms with Gasteiger partial charge in [-0.05, 0) is 50.2 Å². The van der Waals surface area contributed by atoms with Gasteiger partial charge in [0.2, 0.25) is 0 Å². The van der Waals surface area contributed by atoms with Crippen molar-refractivity contribution in [1.29, 1.82) is 0 Å². The fraction of sp³-hybridized carbons (Fsp3) is 0.182. The molecule has 180 valence electrons. The van der Waals surface area contributed by atoms with Crippen molar-refractivity contribution in [1.82, 2.24) is 29.8 Å². The van der Waals surface area contributed by atoms with E-state index in [0.29, 0.717) is 21.6 Å². The topological polar surface area (TPSA) is 125 Å². The summed E-state index contributed by atoms with van der Waals surface area (Å²) in [6, 6.07) is 8.67. The molecular weight excluding hydrogens is 469 g/mol. The normalized spacial score (nSPS) is 11.6. The SMILES string of the molecule is CC(C)OC(=O)c1cnn(-c2ccc(-n3cc(-c4ccnc(C(=O)O)c4)nn3)cc2)c1C(F)(F)F. The molecule has 0 amide bonds. The number of aromatic carboxylic acids is 1. The molecule has 0 unspecified atom stereocenters. The zero-order chi connectivity index (χ0) is 25.3. The lowest BCUT2D eigenvalue weighted by Crippen LogP contribution is -2.20. The third-order valence-electron chi connectivity index (χ3n) is 4.73. The maximum Gasteiger partial charge on any atom is 0.434 e. The third kappa shape index (κ3) is 4.88. The van der Waals surface area contributed by atoms with Crippen LogP contribution in [0, 0.1) is 0 Å². The molecule has 1 aromatic carbocycles. The molecule has 13 heteroatoms. The summed E-state index contributed by atoms with van der Waals surface area (Å²) in [5, 5.41) is 20.8. The summed E-state index contributed by atoms with van der Waals surface area (Å²) in [4.78, 5) is 27.0. The van der Waals surface area contributed by atoms with E-state index in [0.717, 1.165) is 6.20 Å². The van der Waals surface area contributed by atoms with Crippen LogP contribution in [-0.4, -0.2) is 52.9 Å². The van der Waals surface area contributed by atoms with Crippen molar-refractivity contribution in [2.45, 2.75) is 26.1 Å². The predicted molar refractivity (Wildman–Crippen MR) is 114 cm³/mol. The fourth-order valence-corrected chi connectivity index (χ4v) is 3.22. The molecule has 10 nitrogen and oxygen atoms in total. The molecule has 0 atom stereocenters. The first kappa shape index (κ1) is 23.6. The van der Waals surface area contributed by atoms with Gasteiger partial charge in [0.15, 0.2) is 5.69 Å². The molecule has 3 aromatic heterocycles. The average molecular weight is 486 g/mol. The standard InChI is InChI=1S/C22H17F3N6O4/c1-12(2)35-21(34)16-10-27-31(19(16)22(23,24)25)15-5-3-14(4-6-15)30-11-18(28-29-30)13-7-8-26-17(9-13)20(32)33/h3-12H,1-2H3,(H,32,33). The molecule has 0 aliphatic carbocycles. The molecule has 35 heavy (non-hydrogen) atoms. The number of pyridine rings is 1. The number of carbonyl (C=O) groups is 2. The first-order valence-corrected chi connectivity index (χ1v) is 10.1. The van der Waals surface area contributed by atoms with Crippen molar-refractivity contribution < 1.29 is 32.6 Å². The maximum atomic E-state index is 13.8. The highest BCUT2D eigenvalue weighted by Crippen LogP contribution is 2.34. The van der Waals surface area contributed by atoms with E-state index in [-0.39, 0.29) is 11.4 Å². The molecule has 3 heterocycles. The number of alkyl halides is 3. The Morgan fingerprint density at radius 2 is 1.77 bits per heavy atom. The largest absolute Gasteiger partial charge is 0.477 e. The summed E-state index contributed by atoms with van der Waals surface area (Å²) in [5.74, 6) is -2.31. The van der Waals surface area contributed by atoms with Crippen LogP contribution in [0.4, 0.5) is 13.2 Å². The lowest BCUT2D eigenvalue weighted by Gasteiger charge is -2.13. The van der Waals surface area contributed by atoms with Crippen LogP contribution >= 0.6 is 0 Å². The maximum absolute atomic E-state index is 13.8. The quantitative estimate of drug-likeness (QED) is 0.408. The number of nitrogens with zero attached hydrogens (tertiary/aromatic N) is 6. The van der Waals surface area contributed by atoms with Crippen molar-refractivity contribution >= 4 is 11.9 Å². The number of hydrogen-bond donors (Lipinski definition) is 1. The number of hydrogen-bond acceptors (Lipinski definition) is 7. The van der Waals surface area contributed by atoms with Crippen LogP contribution in [0.25, 0.3) is 22.6 Å². The Hall–Kier alpha value is -4.55. The van der Waals surface area contributed by atoms with E-state index in [4.69, 9.17) is 9.84 Å². The molecule has 0 aliphatic rings. The molecule has 0 aliphatic heterocycles. The Morgan fingerprint density at radius 1 is 1.09 bits per heavy atom. The summed E-state index contributed by atoms with van der Waals surface area (Å²) >= 11 is 0. The van der Waals surface area contributed by atoms with Gasteiger partial charge >= 0.3 is 18.1 Å². The van der Waals surface area contributed by atoms with Crippen molar-refractivity contribution in [2.75, 3.05) is 0 Å². The average Bonchev–Trinajstić information content (AvgIpc) is 3.47. The van der Waals surface area contributed by atoms with Crippen molar-refractivity contribution in [3.63, 3.8) is 0 Å². The van der Waals surface area contributed by atoms with Crippen LogP contribution in [0.15, 0.2) is 55.0 Å². The highest BCUT2D eigenvalue weighted by molar-refractivity contribution is 5.91. The number of halogens is 3. The lowest BCUT2D eigenvalue weighted by atomic mass is 10.2. The smallest absolute Gasteiger partial charge is 0.434 e. The zero-order valence-corrected chi connectivity index (χ0v) is 18.3. The lowest BCUT2D eigenvalue weighted by molar-refractivity contribution is -0.143. The monoisotopic (exact) mass is 486 g/mol. The number of esters is 1. The summed E-state index contributed by atoms with van der Waals surface area (Å²) in [5.41, 5.74) is -0.700. The number of carboxylic acid groups (broad SMARTS) is 1. The molecule has 0 saturated heterocycles. The van der Waals surface area contributed by atoms with Crippen molar-refractivity contribution in [2.24, 2.45) is 0 Å². The van der Waals surface area contributed by atoms with Crippen LogP contribution in [0.3, 0.4) is 0 Å². The summed E-state index contributed by atoms with van der Waals surface area (Å²) < 4.78 is 48.2. The Bertz CT molecular complexity index is 1390. The number of carbonyl (C=O) groups excluding carboxylic acids is 1. The zero-order valence-electron chi connectivity index (χ0n) is 18.3. The minimum atomic E-state index is -4.86. The van der Waals surface area contributed by atoms with Gasteiger partial charge in [0, 0.05) is 11.8 Å². The van der Waals surface area contributed by atoms with Gasteiger partial charge in [0.1, 0.15) is 17.0 Å². The van der Waals surface area contributed by atoms with E-state index in [1.165, 1.54) is 61.3 Å². The van der Waals surface area contributed by atoms with Gasteiger partial charge in [-0.25, -0.2) is 23.9 Å². The van der Waals surface area contributed by atoms with Crippen molar-refractivity contribution in [3.8, 4) is 22.6 Å². The summed E-state index contributed by atoms with van der Waals surface area (Å²) in [6.07, 6.45) is -1.77. The minimum Gasteiger partial charge on any atom is -0.477 e. The number of ether oxygens (including phenoxy) is 1. The van der Waals surface area contributed by atoms with Gasteiger partial charge in [-0.2, -0.15) is 18.3 Å². The molecule has 4 aromatic rings. The van der Waals surface area contributed by atoms with Gasteiger partial charge in [-0.3, -0.25) is 0 Å². The molecule has 0 saturated carbocycles. The summed E-state index contributed by atoms with van der Waals surface area (Å²) in [7, 11) is 0. The number of aromatic nitrogens is 6. The third-order valence-corrected chi connectivity index (χ3v) is 4.73. The van der Waals surface area contributed by atoms with Gasteiger partial charge < -0.3 is 9.84 Å². The second-order valence-corrected chi connectivity index (χ2v) is 7.57. The van der Waals surface area contributed by atoms with E-state index in [1.54, 1.807) is 6.07 Å². The summed E-state index contributed by atoms with van der Waals surface area (Å²) in [6.45, 7) is 3.06. The van der Waals surface area contributed by atoms with Crippen LogP contribution in [0.5, 0.6) is 0 Å². The van der Waals surface area contributed by atoms with Gasteiger partial charge in [-0.1, -0.05) is 5.21 Å².